The lowest BCUT2D eigenvalue weighted by molar-refractivity contribution is -0.125. The number of carbonyl (C=O) groups is 1. The van der Waals surface area contributed by atoms with Crippen molar-refractivity contribution in [3.63, 3.8) is 0 Å². The van der Waals surface area contributed by atoms with Crippen LogP contribution in [0.3, 0.4) is 0 Å². The van der Waals surface area contributed by atoms with Gasteiger partial charge in [0.25, 0.3) is 0 Å². The van der Waals surface area contributed by atoms with Gasteiger partial charge in [-0.2, -0.15) is 5.10 Å². The van der Waals surface area contributed by atoms with Crippen LogP contribution in [0.15, 0.2) is 36.7 Å². The Morgan fingerprint density at radius 3 is 2.62 bits per heavy atom. The van der Waals surface area contributed by atoms with E-state index in [9.17, 15) is 4.79 Å². The average Bonchev–Trinajstić information content (AvgIpc) is 3.43. The summed E-state index contributed by atoms with van der Waals surface area (Å²) in [6, 6.07) is 5.39. The van der Waals surface area contributed by atoms with Crippen LogP contribution in [-0.2, 0) is 4.79 Å². The molecule has 0 spiro atoms. The van der Waals surface area contributed by atoms with E-state index in [0.29, 0.717) is 52.7 Å². The van der Waals surface area contributed by atoms with Crippen LogP contribution in [0.25, 0.3) is 11.0 Å². The summed E-state index contributed by atoms with van der Waals surface area (Å²) < 4.78 is 12.4. The van der Waals surface area contributed by atoms with Crippen molar-refractivity contribution in [1.29, 1.82) is 0 Å². The fourth-order valence-electron chi connectivity index (χ4n) is 3.74. The summed E-state index contributed by atoms with van der Waals surface area (Å²) in [6.45, 7) is 3.03. The number of rotatable bonds is 4. The molecule has 3 aromatic rings. The summed E-state index contributed by atoms with van der Waals surface area (Å²) in [5.74, 6) is 7.80. The van der Waals surface area contributed by atoms with Gasteiger partial charge in [-0.3, -0.25) is 4.79 Å². The summed E-state index contributed by atoms with van der Waals surface area (Å²) in [5.41, 5.74) is 7.96. The molecule has 2 N–H and O–H groups in total. The first-order valence-electron chi connectivity index (χ1n) is 10.2. The van der Waals surface area contributed by atoms with Crippen molar-refractivity contribution in [2.45, 2.75) is 19.4 Å². The molecule has 1 atom stereocenters. The van der Waals surface area contributed by atoms with E-state index in [1.165, 1.54) is 6.33 Å². The van der Waals surface area contributed by atoms with Gasteiger partial charge in [0.15, 0.2) is 5.65 Å². The molecule has 164 valence electrons. The van der Waals surface area contributed by atoms with Crippen LogP contribution in [0.5, 0.6) is 11.5 Å². The second-order valence-corrected chi connectivity index (χ2v) is 7.33. The van der Waals surface area contributed by atoms with Crippen molar-refractivity contribution in [2.75, 3.05) is 33.0 Å². The van der Waals surface area contributed by atoms with Gasteiger partial charge in [0.1, 0.15) is 29.3 Å². The molecule has 0 aliphatic carbocycles. The molecule has 0 radical (unpaired) electrons. The SMILES string of the molecule is C/C=C/C(=O)N1CCC(n2nc(C#Cc3cc(OC)cc(OC)c3)c3c(N)ncnc32)C1. The predicted octanol–water partition coefficient (Wildman–Crippen LogP) is 2.17. The second kappa shape index (κ2) is 8.98. The number of methoxy groups -OCH3 is 2. The third-order valence-corrected chi connectivity index (χ3v) is 5.32. The van der Waals surface area contributed by atoms with Crippen molar-refractivity contribution in [3.05, 3.63) is 47.9 Å². The van der Waals surface area contributed by atoms with Gasteiger partial charge in [0, 0.05) is 24.7 Å². The number of nitrogens with zero attached hydrogens (tertiary/aromatic N) is 5. The van der Waals surface area contributed by atoms with Crippen molar-refractivity contribution in [1.82, 2.24) is 24.6 Å². The summed E-state index contributed by atoms with van der Waals surface area (Å²) in [7, 11) is 3.18. The van der Waals surface area contributed by atoms with Crippen molar-refractivity contribution < 1.29 is 14.3 Å². The van der Waals surface area contributed by atoms with Gasteiger partial charge in [0.05, 0.1) is 25.6 Å². The van der Waals surface area contributed by atoms with Gasteiger partial charge >= 0.3 is 0 Å². The summed E-state index contributed by atoms with van der Waals surface area (Å²) >= 11 is 0. The molecule has 0 saturated carbocycles. The minimum Gasteiger partial charge on any atom is -0.497 e. The van der Waals surface area contributed by atoms with Crippen molar-refractivity contribution in [2.24, 2.45) is 0 Å². The molecule has 9 heteroatoms. The number of hydrogen-bond donors (Lipinski definition) is 1. The largest absolute Gasteiger partial charge is 0.497 e. The maximum Gasteiger partial charge on any atom is 0.246 e. The maximum atomic E-state index is 12.2. The first-order valence-corrected chi connectivity index (χ1v) is 10.2. The Morgan fingerprint density at radius 2 is 1.94 bits per heavy atom. The molecule has 9 nitrogen and oxygen atoms in total. The molecule has 32 heavy (non-hydrogen) atoms. The fraction of sp³-hybridized carbons (Fsp3) is 0.304. The minimum absolute atomic E-state index is 0.00686. The number of benzene rings is 1. The molecular weight excluding hydrogens is 408 g/mol. The monoisotopic (exact) mass is 432 g/mol. The Morgan fingerprint density at radius 1 is 1.19 bits per heavy atom. The fourth-order valence-corrected chi connectivity index (χ4v) is 3.74. The molecule has 1 aliphatic heterocycles. The van der Waals surface area contributed by atoms with Crippen LogP contribution in [0, 0.1) is 11.8 Å². The quantitative estimate of drug-likeness (QED) is 0.497. The number of amides is 1. The molecule has 1 unspecified atom stereocenters. The highest BCUT2D eigenvalue weighted by Crippen LogP contribution is 2.29. The number of nitrogens with two attached hydrogens (primary N) is 1. The molecule has 4 rings (SSSR count). The van der Waals surface area contributed by atoms with Crippen LogP contribution in [0.1, 0.15) is 30.6 Å². The predicted molar refractivity (Wildman–Crippen MR) is 120 cm³/mol. The zero-order valence-electron chi connectivity index (χ0n) is 18.2. The maximum absolute atomic E-state index is 12.2. The molecule has 3 heterocycles. The Labute approximate surface area is 185 Å². The highest BCUT2D eigenvalue weighted by Gasteiger charge is 2.29. The van der Waals surface area contributed by atoms with Gasteiger partial charge in [-0.25, -0.2) is 14.6 Å². The summed E-state index contributed by atoms with van der Waals surface area (Å²) in [6.07, 6.45) is 5.50. The van der Waals surface area contributed by atoms with Crippen LogP contribution < -0.4 is 15.2 Å². The van der Waals surface area contributed by atoms with Crippen LogP contribution in [0.4, 0.5) is 5.82 Å². The topological polar surface area (TPSA) is 108 Å². The number of likely N-dealkylation sites (tertiary alicyclic amines) is 1. The van der Waals surface area contributed by atoms with Crippen LogP contribution >= 0.6 is 0 Å². The number of aromatic nitrogens is 4. The van der Waals surface area contributed by atoms with Crippen LogP contribution in [-0.4, -0.2) is 57.9 Å². The third kappa shape index (κ3) is 4.07. The van der Waals surface area contributed by atoms with E-state index < -0.39 is 0 Å². The van der Waals surface area contributed by atoms with E-state index >= 15 is 0 Å². The first-order chi connectivity index (χ1) is 15.5. The highest BCUT2D eigenvalue weighted by molar-refractivity contribution is 5.91. The van der Waals surface area contributed by atoms with Gasteiger partial charge in [-0.1, -0.05) is 12.0 Å². The molecule has 2 aromatic heterocycles. The van der Waals surface area contributed by atoms with Gasteiger partial charge in [-0.15, -0.1) is 0 Å². The standard InChI is InChI=1S/C23H24N6O3/c1-4-5-20(30)28-9-8-16(13-28)29-23-21(22(24)25-14-26-23)19(27-29)7-6-15-10-17(31-2)12-18(11-15)32-3/h4-5,10-12,14,16H,8-9,13H2,1-3H3,(H2,24,25,26)/b5-4+. The van der Waals surface area contributed by atoms with Gasteiger partial charge in [0.2, 0.25) is 5.91 Å². The Bertz CT molecular complexity index is 1230. The lowest BCUT2D eigenvalue weighted by Crippen LogP contribution is -2.27. The number of hydrogen-bond acceptors (Lipinski definition) is 7. The van der Waals surface area contributed by atoms with E-state index in [1.807, 2.05) is 23.7 Å². The number of nitrogen functional groups attached to an aromatic ring is 1. The third-order valence-electron chi connectivity index (χ3n) is 5.32. The lowest BCUT2D eigenvalue weighted by atomic mass is 10.2. The number of carbonyl (C=O) groups excluding carboxylic acids is 1. The molecular formula is C23H24N6O3. The molecule has 1 fully saturated rings. The second-order valence-electron chi connectivity index (χ2n) is 7.33. The molecule has 1 aromatic carbocycles. The highest BCUT2D eigenvalue weighted by atomic mass is 16.5. The molecule has 1 aliphatic rings. The zero-order valence-corrected chi connectivity index (χ0v) is 18.2. The first kappa shape index (κ1) is 21.2. The number of anilines is 1. The van der Waals surface area contributed by atoms with E-state index in [4.69, 9.17) is 20.3 Å². The molecule has 1 amide bonds. The molecule has 1 saturated heterocycles. The van der Waals surface area contributed by atoms with Crippen molar-refractivity contribution >= 4 is 22.8 Å². The Hall–Kier alpha value is -4.06. The van der Waals surface area contributed by atoms with E-state index in [-0.39, 0.29) is 11.9 Å². The minimum atomic E-state index is -0.0199. The Balaban J connectivity index is 1.72. The lowest BCUT2D eigenvalue weighted by Gasteiger charge is -2.14. The number of ether oxygens (including phenoxy) is 2. The van der Waals surface area contributed by atoms with Gasteiger partial charge < -0.3 is 20.1 Å². The Kier molecular flexibility index (Phi) is 5.94. The average molecular weight is 432 g/mol. The zero-order chi connectivity index (χ0) is 22.7. The summed E-state index contributed by atoms with van der Waals surface area (Å²) in [5, 5.41) is 5.32. The molecule has 0 bridgehead atoms. The normalized spacial score (nSPS) is 15.7. The van der Waals surface area contributed by atoms with E-state index in [1.54, 1.807) is 37.3 Å². The van der Waals surface area contributed by atoms with Gasteiger partial charge in [-0.05, 0) is 37.5 Å². The van der Waals surface area contributed by atoms with Crippen molar-refractivity contribution in [3.8, 4) is 23.3 Å². The smallest absolute Gasteiger partial charge is 0.246 e. The number of allylic oxidation sites excluding steroid dienone is 1. The van der Waals surface area contributed by atoms with Crippen LogP contribution in [0.2, 0.25) is 0 Å². The number of fused-ring (bicyclic) bond motifs is 1. The van der Waals surface area contributed by atoms with E-state index in [0.717, 1.165) is 6.42 Å². The summed E-state index contributed by atoms with van der Waals surface area (Å²) in [4.78, 5) is 22.6. The van der Waals surface area contributed by atoms with E-state index in [2.05, 4.69) is 21.8 Å².